The molecular formula is C19H19F3N4O2S. The summed E-state index contributed by atoms with van der Waals surface area (Å²) in [6.45, 7) is 0.433. The monoisotopic (exact) mass is 424 g/mol. The van der Waals surface area contributed by atoms with Gasteiger partial charge in [0.2, 0.25) is 5.91 Å². The maximum atomic E-state index is 12.9. The number of nitrogens with one attached hydrogen (secondary N) is 1. The molecule has 4 rings (SSSR count). The Balaban J connectivity index is 1.43. The van der Waals surface area contributed by atoms with Crippen molar-refractivity contribution in [3.05, 3.63) is 30.5 Å². The molecule has 29 heavy (non-hydrogen) atoms. The number of alkyl halides is 3. The van der Waals surface area contributed by atoms with E-state index in [-0.39, 0.29) is 22.8 Å². The summed E-state index contributed by atoms with van der Waals surface area (Å²) >= 11 is 0.947. The molecule has 0 spiro atoms. The lowest BCUT2D eigenvalue weighted by Gasteiger charge is -2.30. The van der Waals surface area contributed by atoms with Gasteiger partial charge in [0.15, 0.2) is 0 Å². The quantitative estimate of drug-likeness (QED) is 0.566. The number of amides is 1. The van der Waals surface area contributed by atoms with Crippen LogP contribution in [-0.4, -0.2) is 50.5 Å². The smallest absolute Gasteiger partial charge is 0.406 e. The standard InChI is InChI=1S/C19H19F3N4O2S/c1-11(12-6-7-12)26(10-19(20,21)22)16(27)9-29-18-25-24-17(28-18)14-8-23-15-5-3-2-4-13(14)15/h2-5,8,11-12,23H,6-7,9-10H2,1H3. The molecule has 2 heterocycles. The van der Waals surface area contributed by atoms with Crippen LogP contribution < -0.4 is 0 Å². The highest BCUT2D eigenvalue weighted by atomic mass is 32.2. The fourth-order valence-electron chi connectivity index (χ4n) is 3.32. The highest BCUT2D eigenvalue weighted by Gasteiger charge is 2.40. The zero-order valence-corrected chi connectivity index (χ0v) is 16.4. The Kier molecular flexibility index (Phi) is 5.28. The molecule has 0 bridgehead atoms. The molecule has 1 aliphatic rings. The molecular weight excluding hydrogens is 405 g/mol. The van der Waals surface area contributed by atoms with Gasteiger partial charge in [-0.1, -0.05) is 30.0 Å². The Hall–Kier alpha value is -2.49. The predicted molar refractivity (Wildman–Crippen MR) is 102 cm³/mol. The van der Waals surface area contributed by atoms with Crippen LogP contribution in [0.5, 0.6) is 0 Å². The molecule has 1 unspecified atom stereocenters. The van der Waals surface area contributed by atoms with Crippen molar-refractivity contribution in [2.45, 2.75) is 37.2 Å². The normalized spacial score (nSPS) is 15.6. The van der Waals surface area contributed by atoms with Crippen molar-refractivity contribution >= 4 is 28.6 Å². The first-order valence-electron chi connectivity index (χ1n) is 9.21. The van der Waals surface area contributed by atoms with Crippen molar-refractivity contribution in [2.24, 2.45) is 5.92 Å². The van der Waals surface area contributed by atoms with E-state index >= 15 is 0 Å². The van der Waals surface area contributed by atoms with Crippen LogP contribution in [0.1, 0.15) is 19.8 Å². The van der Waals surface area contributed by atoms with Crippen LogP contribution in [0.3, 0.4) is 0 Å². The third kappa shape index (κ3) is 4.58. The van der Waals surface area contributed by atoms with Gasteiger partial charge in [0.1, 0.15) is 6.54 Å². The fourth-order valence-corrected chi connectivity index (χ4v) is 3.97. The number of thioether (sulfide) groups is 1. The molecule has 1 amide bonds. The molecule has 10 heteroatoms. The summed E-state index contributed by atoms with van der Waals surface area (Å²) in [7, 11) is 0. The maximum Gasteiger partial charge on any atom is 0.406 e. The first-order valence-corrected chi connectivity index (χ1v) is 10.2. The van der Waals surface area contributed by atoms with Gasteiger partial charge in [-0.25, -0.2) is 0 Å². The highest BCUT2D eigenvalue weighted by Crippen LogP contribution is 2.36. The van der Waals surface area contributed by atoms with Crippen molar-refractivity contribution in [3.63, 3.8) is 0 Å². The van der Waals surface area contributed by atoms with E-state index in [1.54, 1.807) is 13.1 Å². The Bertz CT molecular complexity index is 1010. The molecule has 1 saturated carbocycles. The average molecular weight is 424 g/mol. The SMILES string of the molecule is CC(C1CC1)N(CC(F)(F)F)C(=O)CSc1nnc(-c2c[nH]c3ccccc23)o1. The van der Waals surface area contributed by atoms with E-state index in [4.69, 9.17) is 4.42 Å². The summed E-state index contributed by atoms with van der Waals surface area (Å²) in [5, 5.41) is 8.98. The zero-order chi connectivity index (χ0) is 20.6. The number of aromatic amines is 1. The van der Waals surface area contributed by atoms with E-state index in [1.165, 1.54) is 0 Å². The summed E-state index contributed by atoms with van der Waals surface area (Å²) in [5.41, 5.74) is 1.65. The number of H-pyrrole nitrogens is 1. The van der Waals surface area contributed by atoms with Gasteiger partial charge in [0, 0.05) is 23.1 Å². The minimum absolute atomic E-state index is 0.142. The van der Waals surface area contributed by atoms with E-state index in [0.717, 1.165) is 46.0 Å². The second-order valence-electron chi connectivity index (χ2n) is 7.12. The largest absolute Gasteiger partial charge is 0.411 e. The van der Waals surface area contributed by atoms with Gasteiger partial charge in [0.25, 0.3) is 11.1 Å². The Morgan fingerprint density at radius 1 is 1.34 bits per heavy atom. The van der Waals surface area contributed by atoms with Crippen LogP contribution in [0.15, 0.2) is 40.1 Å². The van der Waals surface area contributed by atoms with Gasteiger partial charge >= 0.3 is 6.18 Å². The average Bonchev–Trinajstić information content (AvgIpc) is 3.27. The first-order chi connectivity index (χ1) is 13.8. The van der Waals surface area contributed by atoms with Crippen molar-refractivity contribution in [1.29, 1.82) is 0 Å². The van der Waals surface area contributed by atoms with Gasteiger partial charge in [-0.3, -0.25) is 4.79 Å². The van der Waals surface area contributed by atoms with Gasteiger partial charge in [-0.15, -0.1) is 10.2 Å². The minimum Gasteiger partial charge on any atom is -0.411 e. The summed E-state index contributed by atoms with van der Waals surface area (Å²) in [6.07, 6.45) is -0.974. The number of aromatic nitrogens is 3. The third-order valence-corrected chi connectivity index (χ3v) is 5.81. The lowest BCUT2D eigenvalue weighted by molar-refractivity contribution is -0.164. The number of hydrogen-bond donors (Lipinski definition) is 1. The molecule has 1 fully saturated rings. The molecule has 1 atom stereocenters. The Labute approximate surface area is 168 Å². The van der Waals surface area contributed by atoms with E-state index in [1.807, 2.05) is 24.3 Å². The van der Waals surface area contributed by atoms with Gasteiger partial charge in [0.05, 0.1) is 11.3 Å². The van der Waals surface area contributed by atoms with Crippen LogP contribution in [0.4, 0.5) is 13.2 Å². The Morgan fingerprint density at radius 2 is 2.10 bits per heavy atom. The van der Waals surface area contributed by atoms with Crippen molar-refractivity contribution in [3.8, 4) is 11.5 Å². The molecule has 154 valence electrons. The second-order valence-corrected chi connectivity index (χ2v) is 8.05. The summed E-state index contributed by atoms with van der Waals surface area (Å²) < 4.78 is 44.4. The minimum atomic E-state index is -4.43. The summed E-state index contributed by atoms with van der Waals surface area (Å²) in [5.74, 6) is -0.347. The first kappa shape index (κ1) is 19.8. The summed E-state index contributed by atoms with van der Waals surface area (Å²) in [4.78, 5) is 16.5. The number of fused-ring (bicyclic) bond motifs is 1. The van der Waals surface area contributed by atoms with Gasteiger partial charge in [-0.05, 0) is 31.7 Å². The van der Waals surface area contributed by atoms with E-state index in [9.17, 15) is 18.0 Å². The van der Waals surface area contributed by atoms with Crippen LogP contribution >= 0.6 is 11.8 Å². The molecule has 0 aliphatic heterocycles. The van der Waals surface area contributed by atoms with Gasteiger partial charge < -0.3 is 14.3 Å². The number of para-hydroxylation sites is 1. The molecule has 3 aromatic rings. The molecule has 1 aromatic carbocycles. The number of benzene rings is 1. The van der Waals surface area contributed by atoms with Crippen LogP contribution in [0.2, 0.25) is 0 Å². The maximum absolute atomic E-state index is 12.9. The number of hydrogen-bond acceptors (Lipinski definition) is 5. The highest BCUT2D eigenvalue weighted by molar-refractivity contribution is 7.99. The topological polar surface area (TPSA) is 75.0 Å². The van der Waals surface area contributed by atoms with Crippen molar-refractivity contribution < 1.29 is 22.4 Å². The van der Waals surface area contributed by atoms with E-state index in [2.05, 4.69) is 15.2 Å². The van der Waals surface area contributed by atoms with Crippen LogP contribution in [-0.2, 0) is 4.79 Å². The molecule has 1 aliphatic carbocycles. The molecule has 1 N–H and O–H groups in total. The molecule has 6 nitrogen and oxygen atoms in total. The lowest BCUT2D eigenvalue weighted by atomic mass is 10.2. The van der Waals surface area contributed by atoms with E-state index < -0.39 is 24.7 Å². The van der Waals surface area contributed by atoms with Crippen LogP contribution in [0.25, 0.3) is 22.4 Å². The number of rotatable bonds is 7. The van der Waals surface area contributed by atoms with Gasteiger partial charge in [-0.2, -0.15) is 13.2 Å². The number of nitrogens with zero attached hydrogens (tertiary/aromatic N) is 3. The molecule has 0 saturated heterocycles. The lowest BCUT2D eigenvalue weighted by Crippen LogP contribution is -2.46. The molecule has 2 aromatic heterocycles. The number of carbonyl (C=O) groups excluding carboxylic acids is 1. The third-order valence-electron chi connectivity index (χ3n) is 5.01. The second kappa shape index (κ2) is 7.74. The van der Waals surface area contributed by atoms with Crippen molar-refractivity contribution in [2.75, 3.05) is 12.3 Å². The number of halogens is 3. The zero-order valence-electron chi connectivity index (χ0n) is 15.6. The fraction of sp³-hybridized carbons (Fsp3) is 0.421. The van der Waals surface area contributed by atoms with Crippen LogP contribution in [0, 0.1) is 5.92 Å². The number of carbonyl (C=O) groups is 1. The predicted octanol–water partition coefficient (Wildman–Crippen LogP) is 4.50. The molecule has 0 radical (unpaired) electrons. The summed E-state index contributed by atoms with van der Waals surface area (Å²) in [6, 6.07) is 7.18. The Morgan fingerprint density at radius 3 is 2.83 bits per heavy atom. The van der Waals surface area contributed by atoms with E-state index in [0.29, 0.717) is 0 Å². The van der Waals surface area contributed by atoms with Crippen molar-refractivity contribution in [1.82, 2.24) is 20.1 Å².